The van der Waals surface area contributed by atoms with Crippen molar-refractivity contribution in [3.63, 3.8) is 0 Å². The van der Waals surface area contributed by atoms with E-state index in [1.165, 1.54) is 29.5 Å². The summed E-state index contributed by atoms with van der Waals surface area (Å²) < 4.78 is 13.3. The van der Waals surface area contributed by atoms with E-state index in [4.69, 9.17) is 5.11 Å². The lowest BCUT2D eigenvalue weighted by Crippen LogP contribution is -1.99. The second-order valence-corrected chi connectivity index (χ2v) is 5.89. The first-order valence-electron chi connectivity index (χ1n) is 6.28. The van der Waals surface area contributed by atoms with E-state index in [1.54, 1.807) is 0 Å². The Balaban J connectivity index is 2.29. The van der Waals surface area contributed by atoms with Crippen molar-refractivity contribution in [2.45, 2.75) is 29.6 Å². The minimum Gasteiger partial charge on any atom is -0.478 e. The van der Waals surface area contributed by atoms with Crippen LogP contribution in [0.4, 0.5) is 4.39 Å². The van der Waals surface area contributed by atoms with Crippen molar-refractivity contribution in [1.82, 2.24) is 0 Å². The van der Waals surface area contributed by atoms with Crippen LogP contribution in [0.2, 0.25) is 0 Å². The fourth-order valence-electron chi connectivity index (χ4n) is 1.81. The average molecular weight is 290 g/mol. The van der Waals surface area contributed by atoms with Crippen LogP contribution >= 0.6 is 11.8 Å². The van der Waals surface area contributed by atoms with E-state index in [1.807, 2.05) is 24.3 Å². The van der Waals surface area contributed by atoms with Gasteiger partial charge in [0.15, 0.2) is 0 Å². The van der Waals surface area contributed by atoms with Crippen LogP contribution in [0.3, 0.4) is 0 Å². The molecule has 0 aliphatic carbocycles. The highest BCUT2D eigenvalue weighted by molar-refractivity contribution is 7.99. The molecule has 0 aromatic heterocycles. The molecule has 20 heavy (non-hydrogen) atoms. The van der Waals surface area contributed by atoms with E-state index in [-0.39, 0.29) is 5.56 Å². The lowest BCUT2D eigenvalue weighted by molar-refractivity contribution is 0.0693. The molecule has 0 fully saturated rings. The highest BCUT2D eigenvalue weighted by Crippen LogP contribution is 2.32. The third kappa shape index (κ3) is 3.39. The number of carboxylic acid groups (broad SMARTS) is 1. The second kappa shape index (κ2) is 6.09. The molecule has 0 radical (unpaired) electrons. The van der Waals surface area contributed by atoms with Crippen molar-refractivity contribution in [2.24, 2.45) is 0 Å². The van der Waals surface area contributed by atoms with E-state index < -0.39 is 11.8 Å². The highest BCUT2D eigenvalue weighted by atomic mass is 32.2. The minimum absolute atomic E-state index is 0.115. The zero-order chi connectivity index (χ0) is 14.7. The molecule has 104 valence electrons. The summed E-state index contributed by atoms with van der Waals surface area (Å²) in [5.41, 5.74) is 1.33. The third-order valence-electron chi connectivity index (χ3n) is 2.95. The fourth-order valence-corrected chi connectivity index (χ4v) is 2.77. The summed E-state index contributed by atoms with van der Waals surface area (Å²) in [6.07, 6.45) is 0. The molecule has 0 heterocycles. The molecule has 0 bridgehead atoms. The van der Waals surface area contributed by atoms with Crippen LogP contribution in [0.15, 0.2) is 52.3 Å². The monoisotopic (exact) mass is 290 g/mol. The minimum atomic E-state index is -1.05. The Kier molecular flexibility index (Phi) is 4.45. The largest absolute Gasteiger partial charge is 0.478 e. The van der Waals surface area contributed by atoms with Crippen LogP contribution in [0.5, 0.6) is 0 Å². The first-order valence-corrected chi connectivity index (χ1v) is 7.09. The van der Waals surface area contributed by atoms with E-state index in [0.29, 0.717) is 10.8 Å². The van der Waals surface area contributed by atoms with Crippen molar-refractivity contribution < 1.29 is 14.3 Å². The van der Waals surface area contributed by atoms with Gasteiger partial charge in [-0.05, 0) is 41.8 Å². The lowest BCUT2D eigenvalue weighted by atomic mass is 10.0. The van der Waals surface area contributed by atoms with Crippen molar-refractivity contribution in [1.29, 1.82) is 0 Å². The first-order chi connectivity index (χ1) is 9.47. The molecule has 4 heteroatoms. The molecule has 0 atom stereocenters. The molecule has 2 rings (SSSR count). The number of rotatable bonds is 4. The number of aromatic carboxylic acids is 1. The van der Waals surface area contributed by atoms with Gasteiger partial charge in [0.25, 0.3) is 0 Å². The number of hydrogen-bond donors (Lipinski definition) is 1. The van der Waals surface area contributed by atoms with Crippen LogP contribution in [0.1, 0.15) is 35.7 Å². The van der Waals surface area contributed by atoms with Crippen molar-refractivity contribution in [2.75, 3.05) is 0 Å². The molecule has 2 nitrogen and oxygen atoms in total. The SMILES string of the molecule is CC(C)c1ccc(Sc2cc(F)ccc2C(=O)O)cc1. The molecule has 2 aromatic rings. The van der Waals surface area contributed by atoms with Gasteiger partial charge >= 0.3 is 5.97 Å². The summed E-state index contributed by atoms with van der Waals surface area (Å²) in [4.78, 5) is 12.4. The van der Waals surface area contributed by atoms with Crippen LogP contribution in [-0.2, 0) is 0 Å². The Morgan fingerprint density at radius 2 is 1.80 bits per heavy atom. The number of carboxylic acids is 1. The summed E-state index contributed by atoms with van der Waals surface area (Å²) in [7, 11) is 0. The first kappa shape index (κ1) is 14.6. The van der Waals surface area contributed by atoms with E-state index in [2.05, 4.69) is 13.8 Å². The maximum absolute atomic E-state index is 13.3. The predicted molar refractivity (Wildman–Crippen MR) is 78.0 cm³/mol. The summed E-state index contributed by atoms with van der Waals surface area (Å²) in [6, 6.07) is 11.6. The van der Waals surface area contributed by atoms with Crippen LogP contribution in [0.25, 0.3) is 0 Å². The molecule has 0 unspecified atom stereocenters. The van der Waals surface area contributed by atoms with Gasteiger partial charge in [-0.3, -0.25) is 0 Å². The maximum Gasteiger partial charge on any atom is 0.336 e. The van der Waals surface area contributed by atoms with Gasteiger partial charge in [0.2, 0.25) is 0 Å². The molecule has 1 N–H and O–H groups in total. The molecule has 2 aromatic carbocycles. The Hall–Kier alpha value is -1.81. The molecule has 0 spiro atoms. The van der Waals surface area contributed by atoms with Crippen LogP contribution in [0, 0.1) is 5.82 Å². The van der Waals surface area contributed by atoms with Gasteiger partial charge in [-0.15, -0.1) is 0 Å². The van der Waals surface area contributed by atoms with E-state index >= 15 is 0 Å². The Bertz CT molecular complexity index is 621. The quantitative estimate of drug-likeness (QED) is 0.879. The second-order valence-electron chi connectivity index (χ2n) is 4.77. The molecule has 0 saturated carbocycles. The van der Waals surface area contributed by atoms with Crippen molar-refractivity contribution >= 4 is 17.7 Å². The third-order valence-corrected chi connectivity index (χ3v) is 4.01. The van der Waals surface area contributed by atoms with Crippen LogP contribution < -0.4 is 0 Å². The lowest BCUT2D eigenvalue weighted by Gasteiger charge is -2.08. The van der Waals surface area contributed by atoms with E-state index in [0.717, 1.165) is 11.0 Å². The van der Waals surface area contributed by atoms with Crippen LogP contribution in [-0.4, -0.2) is 11.1 Å². The van der Waals surface area contributed by atoms with Gasteiger partial charge < -0.3 is 5.11 Å². The number of halogens is 1. The van der Waals surface area contributed by atoms with E-state index in [9.17, 15) is 9.18 Å². The normalized spacial score (nSPS) is 10.8. The standard InChI is InChI=1S/C16H15FO2S/c1-10(2)11-3-6-13(7-4-11)20-15-9-12(17)5-8-14(15)16(18)19/h3-10H,1-2H3,(H,18,19). The van der Waals surface area contributed by atoms with Gasteiger partial charge in [0.1, 0.15) is 5.82 Å². The molecule has 0 saturated heterocycles. The summed E-state index contributed by atoms with van der Waals surface area (Å²) in [5, 5.41) is 9.12. The van der Waals surface area contributed by atoms with Gasteiger partial charge in [-0.2, -0.15) is 0 Å². The zero-order valence-electron chi connectivity index (χ0n) is 11.3. The van der Waals surface area contributed by atoms with Gasteiger partial charge in [0.05, 0.1) is 5.56 Å². The number of carbonyl (C=O) groups is 1. The number of benzene rings is 2. The fraction of sp³-hybridized carbons (Fsp3) is 0.188. The van der Waals surface area contributed by atoms with Gasteiger partial charge in [0, 0.05) is 9.79 Å². The molecule has 0 aliphatic rings. The summed E-state index contributed by atoms with van der Waals surface area (Å²) in [5.74, 6) is -1.04. The Morgan fingerprint density at radius 3 is 2.35 bits per heavy atom. The topological polar surface area (TPSA) is 37.3 Å². The zero-order valence-corrected chi connectivity index (χ0v) is 12.1. The molecular formula is C16H15FO2S. The maximum atomic E-state index is 13.3. The summed E-state index contributed by atoms with van der Waals surface area (Å²) >= 11 is 1.26. The Labute approximate surface area is 121 Å². The Morgan fingerprint density at radius 1 is 1.15 bits per heavy atom. The molecular weight excluding hydrogens is 275 g/mol. The van der Waals surface area contributed by atoms with Crippen molar-refractivity contribution in [3.8, 4) is 0 Å². The smallest absolute Gasteiger partial charge is 0.336 e. The van der Waals surface area contributed by atoms with Gasteiger partial charge in [-0.1, -0.05) is 37.7 Å². The highest BCUT2D eigenvalue weighted by Gasteiger charge is 2.12. The van der Waals surface area contributed by atoms with Crippen molar-refractivity contribution in [3.05, 3.63) is 59.4 Å². The number of hydrogen-bond acceptors (Lipinski definition) is 2. The predicted octanol–water partition coefficient (Wildman–Crippen LogP) is 4.80. The average Bonchev–Trinajstić information content (AvgIpc) is 2.39. The molecule has 0 amide bonds. The van der Waals surface area contributed by atoms with Gasteiger partial charge in [-0.25, -0.2) is 9.18 Å². The summed E-state index contributed by atoms with van der Waals surface area (Å²) in [6.45, 7) is 4.22. The molecule has 0 aliphatic heterocycles.